The summed E-state index contributed by atoms with van der Waals surface area (Å²) in [4.78, 5) is 35.8. The predicted molar refractivity (Wildman–Crippen MR) is 76.6 cm³/mol. The molecule has 0 aromatic heterocycles. The van der Waals surface area contributed by atoms with E-state index in [9.17, 15) is 14.4 Å². The van der Waals surface area contributed by atoms with Gasteiger partial charge in [-0.2, -0.15) is 0 Å². The number of fused-ring (bicyclic) bond motifs is 1. The van der Waals surface area contributed by atoms with Crippen molar-refractivity contribution < 1.29 is 14.4 Å². The van der Waals surface area contributed by atoms with Crippen LogP contribution >= 0.6 is 0 Å². The van der Waals surface area contributed by atoms with E-state index in [1.165, 1.54) is 18.9 Å². The summed E-state index contributed by atoms with van der Waals surface area (Å²) in [5.41, 5.74) is 2.15. The number of nitrogens with zero attached hydrogens (tertiary/aromatic N) is 2. The molecular weight excluding hydrogens is 256 g/mol. The Bertz CT molecular complexity index is 550. The van der Waals surface area contributed by atoms with Crippen molar-refractivity contribution in [3.8, 4) is 0 Å². The van der Waals surface area contributed by atoms with Crippen molar-refractivity contribution >= 4 is 17.7 Å². The Balaban J connectivity index is 0.000000286. The lowest BCUT2D eigenvalue weighted by molar-refractivity contribution is -0.126. The third kappa shape index (κ3) is 3.23. The Morgan fingerprint density at radius 1 is 1.15 bits per heavy atom. The second-order valence-electron chi connectivity index (χ2n) is 4.82. The molecule has 1 aromatic rings. The molecule has 1 aromatic carbocycles. The van der Waals surface area contributed by atoms with E-state index in [2.05, 4.69) is 0 Å². The summed E-state index contributed by atoms with van der Waals surface area (Å²) in [5.74, 6) is -0.303. The van der Waals surface area contributed by atoms with Gasteiger partial charge >= 0.3 is 0 Å². The Hall–Kier alpha value is -2.17. The van der Waals surface area contributed by atoms with Crippen LogP contribution in [0.25, 0.3) is 0 Å². The van der Waals surface area contributed by atoms with Gasteiger partial charge in [0.1, 0.15) is 0 Å². The molecule has 3 amide bonds. The standard InChI is InChI=1S/C11H11NO2.C4H9NO/c1-3-7-4-5-8-9(6-7)11(14)12(2)10(8)13;1-4(6)5(2)3/h4-6H,3H2,1-2H3;1-3H3. The first kappa shape index (κ1) is 15.9. The van der Waals surface area contributed by atoms with E-state index in [0.717, 1.165) is 16.9 Å². The molecule has 108 valence electrons. The smallest absolute Gasteiger partial charge is 0.261 e. The number of imide groups is 1. The molecule has 5 nitrogen and oxygen atoms in total. The van der Waals surface area contributed by atoms with Gasteiger partial charge in [0.05, 0.1) is 11.1 Å². The van der Waals surface area contributed by atoms with Crippen molar-refractivity contribution in [3.63, 3.8) is 0 Å². The largest absolute Gasteiger partial charge is 0.349 e. The van der Waals surface area contributed by atoms with E-state index in [4.69, 9.17) is 0 Å². The van der Waals surface area contributed by atoms with Gasteiger partial charge in [-0.25, -0.2) is 0 Å². The maximum atomic E-state index is 11.6. The van der Waals surface area contributed by atoms with Gasteiger partial charge < -0.3 is 4.90 Å². The van der Waals surface area contributed by atoms with Gasteiger partial charge in [-0.05, 0) is 24.1 Å². The molecule has 1 aliphatic heterocycles. The third-order valence-corrected chi connectivity index (χ3v) is 3.19. The fraction of sp³-hybridized carbons (Fsp3) is 0.400. The molecule has 0 fully saturated rings. The van der Waals surface area contributed by atoms with Crippen molar-refractivity contribution in [1.29, 1.82) is 0 Å². The molecule has 2 rings (SSSR count). The van der Waals surface area contributed by atoms with Gasteiger partial charge in [0.25, 0.3) is 11.8 Å². The normalized spacial score (nSPS) is 12.8. The molecule has 0 spiro atoms. The van der Waals surface area contributed by atoms with Crippen molar-refractivity contribution in [3.05, 3.63) is 34.9 Å². The molecule has 5 heteroatoms. The van der Waals surface area contributed by atoms with Crippen LogP contribution in [0.15, 0.2) is 18.2 Å². The highest BCUT2D eigenvalue weighted by molar-refractivity contribution is 6.21. The summed E-state index contributed by atoms with van der Waals surface area (Å²) in [6.07, 6.45) is 0.873. The number of hydrogen-bond acceptors (Lipinski definition) is 3. The lowest BCUT2D eigenvalue weighted by Gasteiger charge is -2.02. The minimum atomic E-state index is -0.201. The van der Waals surface area contributed by atoms with Crippen LogP contribution in [0.4, 0.5) is 0 Å². The first-order chi connectivity index (χ1) is 9.29. The van der Waals surface area contributed by atoms with Gasteiger partial charge in [0, 0.05) is 28.1 Å². The molecule has 0 unspecified atom stereocenters. The number of carbonyl (C=O) groups excluding carboxylic acids is 3. The third-order valence-electron chi connectivity index (χ3n) is 3.19. The Morgan fingerprint density at radius 3 is 2.10 bits per heavy atom. The van der Waals surface area contributed by atoms with E-state index < -0.39 is 0 Å². The lowest BCUT2D eigenvalue weighted by Crippen LogP contribution is -2.24. The topological polar surface area (TPSA) is 57.7 Å². The monoisotopic (exact) mass is 276 g/mol. The second kappa shape index (κ2) is 6.32. The fourth-order valence-electron chi connectivity index (χ4n) is 1.63. The molecule has 0 N–H and O–H groups in total. The molecule has 0 atom stereocenters. The van der Waals surface area contributed by atoms with E-state index in [1.54, 1.807) is 26.2 Å². The van der Waals surface area contributed by atoms with Gasteiger partial charge in [0.2, 0.25) is 5.91 Å². The van der Waals surface area contributed by atoms with Crippen molar-refractivity contribution in [2.24, 2.45) is 0 Å². The highest BCUT2D eigenvalue weighted by Crippen LogP contribution is 2.22. The zero-order valence-electron chi connectivity index (χ0n) is 12.6. The summed E-state index contributed by atoms with van der Waals surface area (Å²) in [6, 6.07) is 5.43. The van der Waals surface area contributed by atoms with Gasteiger partial charge in [-0.3, -0.25) is 19.3 Å². The van der Waals surface area contributed by atoms with Crippen LogP contribution in [-0.4, -0.2) is 48.7 Å². The summed E-state index contributed by atoms with van der Waals surface area (Å²) in [7, 11) is 4.96. The quantitative estimate of drug-likeness (QED) is 0.732. The van der Waals surface area contributed by atoms with Crippen LogP contribution < -0.4 is 0 Å². The average molecular weight is 276 g/mol. The zero-order valence-corrected chi connectivity index (χ0v) is 12.6. The maximum Gasteiger partial charge on any atom is 0.261 e. The number of hydrogen-bond donors (Lipinski definition) is 0. The summed E-state index contributed by atoms with van der Waals surface area (Å²) < 4.78 is 0. The summed E-state index contributed by atoms with van der Waals surface area (Å²) >= 11 is 0. The zero-order chi connectivity index (χ0) is 15.4. The SMILES string of the molecule is CC(=O)N(C)C.CCc1ccc2c(c1)C(=O)N(C)C2=O. The molecule has 20 heavy (non-hydrogen) atoms. The second-order valence-corrected chi connectivity index (χ2v) is 4.82. The van der Waals surface area contributed by atoms with E-state index in [1.807, 2.05) is 13.0 Å². The fourth-order valence-corrected chi connectivity index (χ4v) is 1.63. The summed E-state index contributed by atoms with van der Waals surface area (Å²) in [5, 5.41) is 0. The average Bonchev–Trinajstić information content (AvgIpc) is 2.64. The first-order valence-electron chi connectivity index (χ1n) is 6.42. The van der Waals surface area contributed by atoms with E-state index in [-0.39, 0.29) is 17.7 Å². The number of aryl methyl sites for hydroxylation is 1. The predicted octanol–water partition coefficient (Wildman–Crippen LogP) is 1.57. The van der Waals surface area contributed by atoms with Crippen LogP contribution in [0, 0.1) is 0 Å². The van der Waals surface area contributed by atoms with Crippen LogP contribution in [0.2, 0.25) is 0 Å². The van der Waals surface area contributed by atoms with Crippen LogP contribution in [-0.2, 0) is 11.2 Å². The number of rotatable bonds is 1. The lowest BCUT2D eigenvalue weighted by atomic mass is 10.0. The molecule has 1 aliphatic rings. The molecule has 1 heterocycles. The maximum absolute atomic E-state index is 11.6. The Morgan fingerprint density at radius 2 is 1.65 bits per heavy atom. The van der Waals surface area contributed by atoms with Crippen molar-refractivity contribution in [2.45, 2.75) is 20.3 Å². The van der Waals surface area contributed by atoms with Gasteiger partial charge in [-0.1, -0.05) is 13.0 Å². The van der Waals surface area contributed by atoms with Crippen LogP contribution in [0.5, 0.6) is 0 Å². The first-order valence-corrected chi connectivity index (χ1v) is 6.42. The van der Waals surface area contributed by atoms with E-state index in [0.29, 0.717) is 11.1 Å². The number of amides is 3. The van der Waals surface area contributed by atoms with E-state index >= 15 is 0 Å². The van der Waals surface area contributed by atoms with Crippen LogP contribution in [0.1, 0.15) is 40.1 Å². The van der Waals surface area contributed by atoms with Gasteiger partial charge in [0.15, 0.2) is 0 Å². The minimum absolute atomic E-state index is 0.0926. The molecule has 0 aliphatic carbocycles. The summed E-state index contributed by atoms with van der Waals surface area (Å²) in [6.45, 7) is 3.55. The van der Waals surface area contributed by atoms with Crippen molar-refractivity contribution in [1.82, 2.24) is 9.80 Å². The number of benzene rings is 1. The molecular formula is C15H20N2O3. The molecule has 0 bridgehead atoms. The van der Waals surface area contributed by atoms with Crippen LogP contribution in [0.3, 0.4) is 0 Å². The number of carbonyl (C=O) groups is 3. The highest BCUT2D eigenvalue weighted by atomic mass is 16.2. The molecule has 0 radical (unpaired) electrons. The molecule has 0 saturated heterocycles. The van der Waals surface area contributed by atoms with Crippen molar-refractivity contribution in [2.75, 3.05) is 21.1 Å². The minimum Gasteiger partial charge on any atom is -0.349 e. The van der Waals surface area contributed by atoms with Gasteiger partial charge in [-0.15, -0.1) is 0 Å². The molecule has 0 saturated carbocycles. The Kier molecular flexibility index (Phi) is 5.02. The highest BCUT2D eigenvalue weighted by Gasteiger charge is 2.32. The Labute approximate surface area is 119 Å².